The smallest absolute Gasteiger partial charge is 0.416 e. The molecule has 1 aliphatic heterocycles. The van der Waals surface area contributed by atoms with Crippen LogP contribution >= 0.6 is 0 Å². The summed E-state index contributed by atoms with van der Waals surface area (Å²) in [7, 11) is 4.98. The van der Waals surface area contributed by atoms with E-state index in [4.69, 9.17) is 15.2 Å². The summed E-state index contributed by atoms with van der Waals surface area (Å²) in [6.07, 6.45) is -3.59. The normalized spacial score (nSPS) is 16.3. The zero-order valence-corrected chi connectivity index (χ0v) is 18.5. The van der Waals surface area contributed by atoms with E-state index >= 15 is 0 Å². The molecule has 2 aromatic carbocycles. The van der Waals surface area contributed by atoms with Crippen LogP contribution in [0.1, 0.15) is 12.0 Å². The topological polar surface area (TPSA) is 97.6 Å². The number of halogens is 3. The molecule has 3 aromatic rings. The molecule has 176 valence electrons. The van der Waals surface area contributed by atoms with Crippen LogP contribution in [0.3, 0.4) is 0 Å². The van der Waals surface area contributed by atoms with E-state index in [1.54, 1.807) is 13.2 Å². The number of nitrogen functional groups attached to an aromatic ring is 1. The van der Waals surface area contributed by atoms with Gasteiger partial charge in [-0.2, -0.15) is 18.2 Å². The summed E-state index contributed by atoms with van der Waals surface area (Å²) in [5.74, 6) is 1.82. The maximum absolute atomic E-state index is 13.2. The molecular weight excluding hydrogens is 437 g/mol. The summed E-state index contributed by atoms with van der Waals surface area (Å²) in [4.78, 5) is 11.3. The highest BCUT2D eigenvalue weighted by Gasteiger charge is 2.31. The summed E-state index contributed by atoms with van der Waals surface area (Å²) in [6, 6.07) is 7.10. The van der Waals surface area contributed by atoms with Gasteiger partial charge in [-0.15, -0.1) is 0 Å². The molecular formula is C22H25F3N6O2. The molecule has 11 heteroatoms. The van der Waals surface area contributed by atoms with Crippen LogP contribution in [0.2, 0.25) is 0 Å². The van der Waals surface area contributed by atoms with Crippen molar-refractivity contribution in [3.63, 3.8) is 0 Å². The lowest BCUT2D eigenvalue weighted by atomic mass is 10.1. The first-order valence-corrected chi connectivity index (χ1v) is 10.3. The minimum Gasteiger partial charge on any atom is -0.493 e. The number of methoxy groups -OCH3 is 2. The Morgan fingerprint density at radius 2 is 1.79 bits per heavy atom. The van der Waals surface area contributed by atoms with E-state index in [-0.39, 0.29) is 17.3 Å². The molecule has 4 rings (SSSR count). The molecule has 33 heavy (non-hydrogen) atoms. The summed E-state index contributed by atoms with van der Waals surface area (Å²) < 4.78 is 50.5. The van der Waals surface area contributed by atoms with Crippen molar-refractivity contribution in [2.24, 2.45) is 0 Å². The van der Waals surface area contributed by atoms with Crippen molar-refractivity contribution in [3.05, 3.63) is 35.9 Å². The lowest BCUT2D eigenvalue weighted by Gasteiger charge is -2.21. The Balaban J connectivity index is 1.82. The van der Waals surface area contributed by atoms with Gasteiger partial charge in [-0.1, -0.05) is 0 Å². The molecule has 1 fully saturated rings. The number of hydrogen-bond donors (Lipinski definition) is 3. The summed E-state index contributed by atoms with van der Waals surface area (Å²) >= 11 is 0. The molecule has 0 spiro atoms. The summed E-state index contributed by atoms with van der Waals surface area (Å²) in [6.45, 7) is 1.49. The molecule has 1 atom stereocenters. The van der Waals surface area contributed by atoms with Crippen LogP contribution in [-0.2, 0) is 6.18 Å². The van der Waals surface area contributed by atoms with Crippen LogP contribution in [0.5, 0.6) is 11.5 Å². The van der Waals surface area contributed by atoms with Crippen molar-refractivity contribution in [2.45, 2.75) is 18.6 Å². The minimum atomic E-state index is -4.52. The molecule has 1 aromatic heterocycles. The minimum absolute atomic E-state index is 0.0175. The fraction of sp³-hybridized carbons (Fsp3) is 0.364. The second-order valence-electron chi connectivity index (χ2n) is 7.78. The number of benzene rings is 2. The van der Waals surface area contributed by atoms with Crippen LogP contribution in [0.25, 0.3) is 10.9 Å². The van der Waals surface area contributed by atoms with E-state index in [9.17, 15) is 13.2 Å². The van der Waals surface area contributed by atoms with Crippen molar-refractivity contribution in [1.29, 1.82) is 0 Å². The number of hydrogen-bond acceptors (Lipinski definition) is 8. The zero-order chi connectivity index (χ0) is 23.8. The number of ether oxygens (including phenoxy) is 2. The van der Waals surface area contributed by atoms with Crippen LogP contribution in [0, 0.1) is 0 Å². The largest absolute Gasteiger partial charge is 0.493 e. The third kappa shape index (κ3) is 4.68. The molecule has 4 N–H and O–H groups in total. The van der Waals surface area contributed by atoms with Crippen molar-refractivity contribution < 1.29 is 22.6 Å². The van der Waals surface area contributed by atoms with Crippen LogP contribution in [-0.4, -0.2) is 50.4 Å². The van der Waals surface area contributed by atoms with Crippen molar-refractivity contribution in [2.75, 3.05) is 50.3 Å². The van der Waals surface area contributed by atoms with Gasteiger partial charge in [-0.05, 0) is 37.7 Å². The SMILES string of the molecule is CNC1CCN(c2nc(Nc3cc(N)cc(C(F)(F)F)c3)nc3cc(OC)c(OC)cc23)C1. The number of likely N-dealkylation sites (N-methyl/N-ethyl adjacent to an activating group) is 1. The molecule has 2 heterocycles. The predicted octanol–water partition coefficient (Wildman–Crippen LogP) is 3.79. The average Bonchev–Trinajstić information content (AvgIpc) is 3.26. The molecule has 0 bridgehead atoms. The van der Waals surface area contributed by atoms with Crippen molar-refractivity contribution in [3.8, 4) is 11.5 Å². The molecule has 1 aliphatic rings. The maximum Gasteiger partial charge on any atom is 0.416 e. The number of nitrogens with one attached hydrogen (secondary N) is 2. The Labute approximate surface area is 188 Å². The van der Waals surface area contributed by atoms with E-state index in [0.29, 0.717) is 28.9 Å². The third-order valence-electron chi connectivity index (χ3n) is 5.62. The Kier molecular flexibility index (Phi) is 6.07. The number of aromatic nitrogens is 2. The molecule has 0 aliphatic carbocycles. The first-order chi connectivity index (χ1) is 15.7. The van der Waals surface area contributed by atoms with E-state index in [0.717, 1.165) is 37.0 Å². The van der Waals surface area contributed by atoms with Gasteiger partial charge in [0, 0.05) is 42.0 Å². The van der Waals surface area contributed by atoms with E-state index in [2.05, 4.69) is 25.5 Å². The highest BCUT2D eigenvalue weighted by atomic mass is 19.4. The van der Waals surface area contributed by atoms with Gasteiger partial charge < -0.3 is 30.7 Å². The van der Waals surface area contributed by atoms with E-state index in [1.165, 1.54) is 13.2 Å². The van der Waals surface area contributed by atoms with Gasteiger partial charge >= 0.3 is 6.18 Å². The quantitative estimate of drug-likeness (QED) is 0.476. The van der Waals surface area contributed by atoms with E-state index in [1.807, 2.05) is 13.1 Å². The first kappa shape index (κ1) is 22.7. The summed E-state index contributed by atoms with van der Waals surface area (Å²) in [5.41, 5.74) is 5.54. The average molecular weight is 462 g/mol. The molecule has 8 nitrogen and oxygen atoms in total. The number of nitrogens with two attached hydrogens (primary N) is 1. The first-order valence-electron chi connectivity index (χ1n) is 10.3. The Bertz CT molecular complexity index is 1170. The fourth-order valence-corrected chi connectivity index (χ4v) is 3.94. The van der Waals surface area contributed by atoms with Gasteiger partial charge in [0.05, 0.1) is 25.3 Å². The van der Waals surface area contributed by atoms with Crippen LogP contribution in [0.15, 0.2) is 30.3 Å². The van der Waals surface area contributed by atoms with E-state index < -0.39 is 11.7 Å². The van der Waals surface area contributed by atoms with Crippen molar-refractivity contribution in [1.82, 2.24) is 15.3 Å². The highest BCUT2D eigenvalue weighted by Crippen LogP contribution is 2.38. The van der Waals surface area contributed by atoms with Gasteiger partial charge in [-0.3, -0.25) is 0 Å². The number of anilines is 4. The van der Waals surface area contributed by atoms with Gasteiger partial charge in [0.1, 0.15) is 5.82 Å². The van der Waals surface area contributed by atoms with Gasteiger partial charge in [0.25, 0.3) is 0 Å². The number of rotatable bonds is 6. The molecule has 1 unspecified atom stereocenters. The molecule has 0 radical (unpaired) electrons. The van der Waals surface area contributed by atoms with Gasteiger partial charge in [0.2, 0.25) is 5.95 Å². The predicted molar refractivity (Wildman–Crippen MR) is 121 cm³/mol. The monoisotopic (exact) mass is 462 g/mol. The lowest BCUT2D eigenvalue weighted by molar-refractivity contribution is -0.137. The van der Waals surface area contributed by atoms with Crippen molar-refractivity contribution >= 4 is 34.0 Å². The Morgan fingerprint density at radius 3 is 2.42 bits per heavy atom. The third-order valence-corrected chi connectivity index (χ3v) is 5.62. The van der Waals surface area contributed by atoms with Gasteiger partial charge in [-0.25, -0.2) is 4.98 Å². The second kappa shape index (κ2) is 8.81. The van der Waals surface area contributed by atoms with Crippen LogP contribution in [0.4, 0.5) is 36.3 Å². The highest BCUT2D eigenvalue weighted by molar-refractivity contribution is 5.93. The van der Waals surface area contributed by atoms with Crippen LogP contribution < -0.4 is 30.7 Å². The zero-order valence-electron chi connectivity index (χ0n) is 18.5. The molecule has 1 saturated heterocycles. The fourth-order valence-electron chi connectivity index (χ4n) is 3.94. The number of alkyl halides is 3. The van der Waals surface area contributed by atoms with Gasteiger partial charge in [0.15, 0.2) is 11.5 Å². The molecule has 0 amide bonds. The lowest BCUT2D eigenvalue weighted by Crippen LogP contribution is -2.30. The Morgan fingerprint density at radius 1 is 1.06 bits per heavy atom. The Hall–Kier alpha value is -3.47. The standard InChI is InChI=1S/C22H25F3N6O2/c1-27-14-4-5-31(11-14)20-16-9-18(32-2)19(33-3)10-17(16)29-21(30-20)28-15-7-12(22(23,24)25)6-13(26)8-15/h6-10,14,27H,4-5,11,26H2,1-3H3,(H,28,29,30). The summed E-state index contributed by atoms with van der Waals surface area (Å²) in [5, 5.41) is 6.90. The maximum atomic E-state index is 13.2. The number of nitrogens with zero attached hydrogens (tertiary/aromatic N) is 3. The second-order valence-corrected chi connectivity index (χ2v) is 7.78. The number of fused-ring (bicyclic) bond motifs is 1. The molecule has 0 saturated carbocycles.